The average molecular weight is 296 g/mol. The highest BCUT2D eigenvalue weighted by atomic mass is 32.2. The fourth-order valence-corrected chi connectivity index (χ4v) is 3.30. The molecule has 0 saturated carbocycles. The van der Waals surface area contributed by atoms with Crippen LogP contribution in [0.4, 0.5) is 5.69 Å². The lowest BCUT2D eigenvalue weighted by Gasteiger charge is -2.26. The van der Waals surface area contributed by atoms with E-state index in [1.54, 1.807) is 17.0 Å². The molecule has 0 aliphatic carbocycles. The van der Waals surface area contributed by atoms with Crippen LogP contribution < -0.4 is 5.32 Å². The number of amides is 1. The molecule has 1 heterocycles. The van der Waals surface area contributed by atoms with Gasteiger partial charge in [-0.25, -0.2) is 8.42 Å². The Balaban J connectivity index is 1.99. The fourth-order valence-electron chi connectivity index (χ4n) is 2.10. The molecule has 5 nitrogen and oxygen atoms in total. The van der Waals surface area contributed by atoms with Crippen molar-refractivity contribution in [2.45, 2.75) is 13.3 Å². The third-order valence-corrected chi connectivity index (χ3v) is 4.95. The maximum absolute atomic E-state index is 12.2. The number of carbonyl (C=O) groups is 1. The lowest BCUT2D eigenvalue weighted by atomic mass is 10.1. The number of sulfone groups is 1. The van der Waals surface area contributed by atoms with Crippen LogP contribution in [0.1, 0.15) is 23.7 Å². The standard InChI is InChI=1S/C14H20N2O3S/c1-2-7-15-13-5-3-12(4-6-13)14(17)16-8-10-20(18,19)11-9-16/h3-6,15H,2,7-11H2,1H3. The highest BCUT2D eigenvalue weighted by Crippen LogP contribution is 2.13. The molecule has 1 aliphatic rings. The molecule has 1 saturated heterocycles. The minimum Gasteiger partial charge on any atom is -0.385 e. The second-order valence-electron chi connectivity index (χ2n) is 4.95. The van der Waals surface area contributed by atoms with Crippen molar-refractivity contribution in [2.75, 3.05) is 36.5 Å². The van der Waals surface area contributed by atoms with Crippen molar-refractivity contribution in [3.63, 3.8) is 0 Å². The molecule has 1 aromatic carbocycles. The molecule has 0 atom stereocenters. The predicted molar refractivity (Wildman–Crippen MR) is 79.8 cm³/mol. The van der Waals surface area contributed by atoms with E-state index in [1.807, 2.05) is 12.1 Å². The fraction of sp³-hybridized carbons (Fsp3) is 0.500. The summed E-state index contributed by atoms with van der Waals surface area (Å²) in [6, 6.07) is 7.32. The van der Waals surface area contributed by atoms with Crippen LogP contribution in [0.3, 0.4) is 0 Å². The highest BCUT2D eigenvalue weighted by Gasteiger charge is 2.25. The Morgan fingerprint density at radius 2 is 1.80 bits per heavy atom. The Kier molecular flexibility index (Phi) is 4.65. The third-order valence-electron chi connectivity index (χ3n) is 3.34. The van der Waals surface area contributed by atoms with E-state index in [2.05, 4.69) is 12.2 Å². The largest absolute Gasteiger partial charge is 0.385 e. The van der Waals surface area contributed by atoms with Gasteiger partial charge < -0.3 is 10.2 Å². The average Bonchev–Trinajstić information content (AvgIpc) is 2.45. The van der Waals surface area contributed by atoms with Crippen molar-refractivity contribution in [1.82, 2.24) is 4.90 Å². The number of nitrogens with zero attached hydrogens (tertiary/aromatic N) is 1. The second-order valence-corrected chi connectivity index (χ2v) is 7.25. The first kappa shape index (κ1) is 14.8. The van der Waals surface area contributed by atoms with E-state index >= 15 is 0 Å². The Bertz CT molecular complexity index is 553. The monoisotopic (exact) mass is 296 g/mol. The molecule has 1 N–H and O–H groups in total. The van der Waals surface area contributed by atoms with E-state index in [0.29, 0.717) is 5.56 Å². The smallest absolute Gasteiger partial charge is 0.253 e. The zero-order chi connectivity index (χ0) is 14.6. The van der Waals surface area contributed by atoms with E-state index < -0.39 is 9.84 Å². The van der Waals surface area contributed by atoms with Crippen LogP contribution in [0.15, 0.2) is 24.3 Å². The molecule has 20 heavy (non-hydrogen) atoms. The summed E-state index contributed by atoms with van der Waals surface area (Å²) in [6.07, 6.45) is 1.04. The first-order valence-corrected chi connectivity index (χ1v) is 8.67. The van der Waals surface area contributed by atoms with E-state index in [-0.39, 0.29) is 30.5 Å². The second kappa shape index (κ2) is 6.26. The molecule has 0 unspecified atom stereocenters. The van der Waals surface area contributed by atoms with Gasteiger partial charge in [-0.05, 0) is 30.7 Å². The van der Waals surface area contributed by atoms with Crippen LogP contribution in [0.25, 0.3) is 0 Å². The summed E-state index contributed by atoms with van der Waals surface area (Å²) in [7, 11) is -2.95. The van der Waals surface area contributed by atoms with Crippen molar-refractivity contribution in [1.29, 1.82) is 0 Å². The van der Waals surface area contributed by atoms with Gasteiger partial charge in [0.25, 0.3) is 5.91 Å². The first-order valence-electron chi connectivity index (χ1n) is 6.85. The van der Waals surface area contributed by atoms with Crippen LogP contribution in [-0.4, -0.2) is 50.4 Å². The first-order chi connectivity index (χ1) is 9.52. The molecular weight excluding hydrogens is 276 g/mol. The van der Waals surface area contributed by atoms with Crippen LogP contribution in [-0.2, 0) is 9.84 Å². The number of hydrogen-bond acceptors (Lipinski definition) is 4. The zero-order valence-corrected chi connectivity index (χ0v) is 12.4. The lowest BCUT2D eigenvalue weighted by Crippen LogP contribution is -2.43. The number of benzene rings is 1. The third kappa shape index (κ3) is 3.72. The van der Waals surface area contributed by atoms with Gasteiger partial charge in [0.1, 0.15) is 0 Å². The molecule has 6 heteroatoms. The number of anilines is 1. The molecule has 1 aromatic rings. The molecule has 2 rings (SSSR count). The van der Waals surface area contributed by atoms with Gasteiger partial charge >= 0.3 is 0 Å². The minimum atomic E-state index is -2.95. The Labute approximate surface area is 119 Å². The molecule has 1 amide bonds. The molecule has 1 aliphatic heterocycles. The maximum Gasteiger partial charge on any atom is 0.253 e. The maximum atomic E-state index is 12.2. The summed E-state index contributed by atoms with van der Waals surface area (Å²) in [5.74, 6) is 0.0333. The normalized spacial score (nSPS) is 17.8. The summed E-state index contributed by atoms with van der Waals surface area (Å²) >= 11 is 0. The quantitative estimate of drug-likeness (QED) is 0.911. The number of hydrogen-bond donors (Lipinski definition) is 1. The zero-order valence-electron chi connectivity index (χ0n) is 11.6. The van der Waals surface area contributed by atoms with Gasteiger partial charge in [0.05, 0.1) is 11.5 Å². The van der Waals surface area contributed by atoms with Crippen LogP contribution in [0.5, 0.6) is 0 Å². The van der Waals surface area contributed by atoms with Gasteiger partial charge in [0, 0.05) is 30.9 Å². The van der Waals surface area contributed by atoms with Crippen LogP contribution in [0, 0.1) is 0 Å². The van der Waals surface area contributed by atoms with Gasteiger partial charge in [-0.3, -0.25) is 4.79 Å². The Hall–Kier alpha value is -1.56. The van der Waals surface area contributed by atoms with E-state index in [4.69, 9.17) is 0 Å². The highest BCUT2D eigenvalue weighted by molar-refractivity contribution is 7.91. The van der Waals surface area contributed by atoms with E-state index in [0.717, 1.165) is 18.7 Å². The van der Waals surface area contributed by atoms with Crippen molar-refractivity contribution in [3.8, 4) is 0 Å². The number of carbonyl (C=O) groups excluding carboxylic acids is 1. The Morgan fingerprint density at radius 1 is 1.20 bits per heavy atom. The SMILES string of the molecule is CCCNc1ccc(C(=O)N2CCS(=O)(=O)CC2)cc1. The molecular formula is C14H20N2O3S. The van der Waals surface area contributed by atoms with Gasteiger partial charge in [-0.15, -0.1) is 0 Å². The van der Waals surface area contributed by atoms with Gasteiger partial charge in [0.15, 0.2) is 9.84 Å². The predicted octanol–water partition coefficient (Wildman–Crippen LogP) is 1.38. The van der Waals surface area contributed by atoms with E-state index in [9.17, 15) is 13.2 Å². The molecule has 0 radical (unpaired) electrons. The summed E-state index contributed by atoms with van der Waals surface area (Å²) in [6.45, 7) is 3.57. The summed E-state index contributed by atoms with van der Waals surface area (Å²) in [5.41, 5.74) is 1.59. The van der Waals surface area contributed by atoms with Gasteiger partial charge in [-0.1, -0.05) is 6.92 Å². The molecule has 110 valence electrons. The number of nitrogens with one attached hydrogen (secondary N) is 1. The van der Waals surface area contributed by atoms with Crippen LogP contribution >= 0.6 is 0 Å². The minimum absolute atomic E-state index is 0.0644. The van der Waals surface area contributed by atoms with Crippen molar-refractivity contribution >= 4 is 21.4 Å². The topological polar surface area (TPSA) is 66.5 Å². The Morgan fingerprint density at radius 3 is 2.35 bits per heavy atom. The van der Waals surface area contributed by atoms with Crippen LogP contribution in [0.2, 0.25) is 0 Å². The summed E-state index contributed by atoms with van der Waals surface area (Å²) < 4.78 is 22.7. The molecule has 0 bridgehead atoms. The van der Waals surface area contributed by atoms with Gasteiger partial charge in [-0.2, -0.15) is 0 Å². The van der Waals surface area contributed by atoms with Crippen molar-refractivity contribution in [2.24, 2.45) is 0 Å². The molecule has 1 fully saturated rings. The van der Waals surface area contributed by atoms with E-state index in [1.165, 1.54) is 0 Å². The number of rotatable bonds is 4. The van der Waals surface area contributed by atoms with Gasteiger partial charge in [0.2, 0.25) is 0 Å². The molecule has 0 spiro atoms. The van der Waals surface area contributed by atoms with Crippen molar-refractivity contribution in [3.05, 3.63) is 29.8 Å². The van der Waals surface area contributed by atoms with Crippen molar-refractivity contribution < 1.29 is 13.2 Å². The lowest BCUT2D eigenvalue weighted by molar-refractivity contribution is 0.0770. The summed E-state index contributed by atoms with van der Waals surface area (Å²) in [5, 5.41) is 3.25. The summed E-state index contributed by atoms with van der Waals surface area (Å²) in [4.78, 5) is 13.9. The molecule has 0 aromatic heterocycles.